The number of rotatable bonds is 8. The Labute approximate surface area is 151 Å². The van der Waals surface area contributed by atoms with Crippen LogP contribution in [0.3, 0.4) is 0 Å². The van der Waals surface area contributed by atoms with Crippen molar-refractivity contribution in [3.8, 4) is 5.75 Å². The van der Waals surface area contributed by atoms with Gasteiger partial charge in [-0.05, 0) is 23.8 Å². The largest absolute Gasteiger partial charge is 0.496 e. The number of aldehydes is 1. The van der Waals surface area contributed by atoms with E-state index in [2.05, 4.69) is 5.32 Å². The fourth-order valence-electron chi connectivity index (χ4n) is 2.34. The number of carbonyl (C=O) groups excluding carboxylic acids is 2. The maximum atomic E-state index is 11.7. The molecule has 0 spiro atoms. The van der Waals surface area contributed by atoms with Crippen molar-refractivity contribution in [1.82, 2.24) is 5.32 Å². The third-order valence-electron chi connectivity index (χ3n) is 3.74. The molecule has 0 aliphatic rings. The van der Waals surface area contributed by atoms with Crippen LogP contribution in [0, 0.1) is 0 Å². The summed E-state index contributed by atoms with van der Waals surface area (Å²) in [6.07, 6.45) is -2.75. The molecule has 26 heavy (non-hydrogen) atoms. The van der Waals surface area contributed by atoms with Gasteiger partial charge in [-0.3, -0.25) is 4.79 Å². The summed E-state index contributed by atoms with van der Waals surface area (Å²) >= 11 is 0. The molecule has 3 N–H and O–H groups in total. The standard InChI is InChI=1S/C19H21NO6/c1-25-17-8-7-14(11-21)9-15(17)18(23)16(22)10-20-19(24)26-12-13-5-3-2-4-6-13/h2-9,11,16,18,22-23H,10,12H2,1H3,(H,20,24). The Kier molecular flexibility index (Phi) is 7.13. The number of carbonyl (C=O) groups is 2. The summed E-state index contributed by atoms with van der Waals surface area (Å²) in [5.74, 6) is 0.328. The number of methoxy groups -OCH3 is 1. The van der Waals surface area contributed by atoms with Gasteiger partial charge in [0.1, 0.15) is 30.9 Å². The highest BCUT2D eigenvalue weighted by molar-refractivity contribution is 5.75. The van der Waals surface area contributed by atoms with Crippen LogP contribution in [0.2, 0.25) is 0 Å². The minimum atomic E-state index is -1.35. The third kappa shape index (κ3) is 5.30. The predicted molar refractivity (Wildman–Crippen MR) is 94.0 cm³/mol. The quantitative estimate of drug-likeness (QED) is 0.621. The Balaban J connectivity index is 1.89. The summed E-state index contributed by atoms with van der Waals surface area (Å²) < 4.78 is 10.2. The van der Waals surface area contributed by atoms with Crippen LogP contribution < -0.4 is 10.1 Å². The fourth-order valence-corrected chi connectivity index (χ4v) is 2.34. The fraction of sp³-hybridized carbons (Fsp3) is 0.263. The highest BCUT2D eigenvalue weighted by Crippen LogP contribution is 2.28. The number of amides is 1. The lowest BCUT2D eigenvalue weighted by atomic mass is 10.0. The number of hydrogen-bond donors (Lipinski definition) is 3. The monoisotopic (exact) mass is 359 g/mol. The van der Waals surface area contributed by atoms with Crippen LogP contribution in [0.5, 0.6) is 5.75 Å². The SMILES string of the molecule is COc1ccc(C=O)cc1C(O)C(O)CNC(=O)OCc1ccccc1. The normalized spacial score (nSPS) is 12.7. The summed E-state index contributed by atoms with van der Waals surface area (Å²) in [6, 6.07) is 13.6. The molecule has 7 nitrogen and oxygen atoms in total. The molecule has 2 aromatic carbocycles. The molecule has 2 unspecified atom stereocenters. The van der Waals surface area contributed by atoms with Gasteiger partial charge in [0.15, 0.2) is 0 Å². The molecule has 0 aliphatic heterocycles. The molecule has 0 saturated carbocycles. The Bertz CT molecular complexity index is 734. The lowest BCUT2D eigenvalue weighted by molar-refractivity contribution is 0.0171. The van der Waals surface area contributed by atoms with Crippen LogP contribution in [0.4, 0.5) is 4.79 Å². The van der Waals surface area contributed by atoms with E-state index in [0.29, 0.717) is 17.6 Å². The summed E-state index contributed by atoms with van der Waals surface area (Å²) in [6.45, 7) is -0.135. The first kappa shape index (κ1) is 19.4. The van der Waals surface area contributed by atoms with Crippen molar-refractivity contribution in [3.05, 3.63) is 65.2 Å². The van der Waals surface area contributed by atoms with Gasteiger partial charge in [0.25, 0.3) is 0 Å². The number of ether oxygens (including phenoxy) is 2. The molecular weight excluding hydrogens is 338 g/mol. The summed E-state index contributed by atoms with van der Waals surface area (Å²) in [4.78, 5) is 22.6. The second-order valence-corrected chi connectivity index (χ2v) is 5.57. The van der Waals surface area contributed by atoms with Gasteiger partial charge in [0, 0.05) is 17.7 Å². The maximum Gasteiger partial charge on any atom is 0.407 e. The van der Waals surface area contributed by atoms with Crippen molar-refractivity contribution in [3.63, 3.8) is 0 Å². The molecule has 2 atom stereocenters. The van der Waals surface area contributed by atoms with Gasteiger partial charge < -0.3 is 25.0 Å². The smallest absolute Gasteiger partial charge is 0.407 e. The van der Waals surface area contributed by atoms with E-state index in [1.807, 2.05) is 30.3 Å². The van der Waals surface area contributed by atoms with Gasteiger partial charge in [-0.25, -0.2) is 4.79 Å². The topological polar surface area (TPSA) is 105 Å². The van der Waals surface area contributed by atoms with Crippen LogP contribution in [0.15, 0.2) is 48.5 Å². The highest BCUT2D eigenvalue weighted by atomic mass is 16.5. The maximum absolute atomic E-state index is 11.7. The lowest BCUT2D eigenvalue weighted by Crippen LogP contribution is -2.35. The molecule has 0 aliphatic carbocycles. The Morgan fingerprint density at radius 2 is 1.92 bits per heavy atom. The second kappa shape index (κ2) is 9.55. The molecule has 0 bridgehead atoms. The zero-order valence-electron chi connectivity index (χ0n) is 14.3. The molecule has 0 aromatic heterocycles. The first-order chi connectivity index (χ1) is 12.5. The molecule has 0 heterocycles. The van der Waals surface area contributed by atoms with E-state index < -0.39 is 18.3 Å². The molecule has 0 saturated heterocycles. The molecule has 0 radical (unpaired) electrons. The van der Waals surface area contributed by atoms with Crippen molar-refractivity contribution in [2.75, 3.05) is 13.7 Å². The first-order valence-electron chi connectivity index (χ1n) is 7.99. The molecule has 7 heteroatoms. The van der Waals surface area contributed by atoms with E-state index in [0.717, 1.165) is 5.56 Å². The zero-order chi connectivity index (χ0) is 18.9. The van der Waals surface area contributed by atoms with E-state index in [-0.39, 0.29) is 18.7 Å². The summed E-state index contributed by atoms with van der Waals surface area (Å²) in [7, 11) is 1.41. The molecule has 2 aromatic rings. The first-order valence-corrected chi connectivity index (χ1v) is 7.99. The predicted octanol–water partition coefficient (Wildman–Crippen LogP) is 1.83. The van der Waals surface area contributed by atoms with Gasteiger partial charge in [-0.1, -0.05) is 30.3 Å². The van der Waals surface area contributed by atoms with Crippen molar-refractivity contribution >= 4 is 12.4 Å². The highest BCUT2D eigenvalue weighted by Gasteiger charge is 2.23. The number of alkyl carbamates (subject to hydrolysis) is 1. The molecular formula is C19H21NO6. The van der Waals surface area contributed by atoms with Crippen LogP contribution in [-0.2, 0) is 11.3 Å². The number of benzene rings is 2. The van der Waals surface area contributed by atoms with E-state index in [9.17, 15) is 19.8 Å². The summed E-state index contributed by atoms with van der Waals surface area (Å²) in [5.41, 5.74) is 1.42. The van der Waals surface area contributed by atoms with E-state index in [1.165, 1.54) is 25.3 Å². The van der Waals surface area contributed by atoms with Crippen LogP contribution in [0.1, 0.15) is 27.6 Å². The average molecular weight is 359 g/mol. The van der Waals surface area contributed by atoms with Gasteiger partial charge in [0.05, 0.1) is 7.11 Å². The van der Waals surface area contributed by atoms with Gasteiger partial charge in [-0.15, -0.1) is 0 Å². The summed E-state index contributed by atoms with van der Waals surface area (Å²) in [5, 5.41) is 22.8. The number of aliphatic hydroxyl groups is 2. The van der Waals surface area contributed by atoms with Crippen LogP contribution in [-0.4, -0.2) is 42.4 Å². The van der Waals surface area contributed by atoms with Gasteiger partial charge in [0.2, 0.25) is 0 Å². The average Bonchev–Trinajstić information content (AvgIpc) is 2.70. The van der Waals surface area contributed by atoms with E-state index in [1.54, 1.807) is 0 Å². The van der Waals surface area contributed by atoms with Crippen LogP contribution in [0.25, 0.3) is 0 Å². The molecule has 0 fully saturated rings. The molecule has 1 amide bonds. The minimum absolute atomic E-state index is 0.0977. The number of hydrogen-bond acceptors (Lipinski definition) is 6. The number of nitrogens with one attached hydrogen (secondary N) is 1. The van der Waals surface area contributed by atoms with E-state index >= 15 is 0 Å². The van der Waals surface area contributed by atoms with E-state index in [4.69, 9.17) is 9.47 Å². The Morgan fingerprint density at radius 1 is 1.19 bits per heavy atom. The molecule has 138 valence electrons. The van der Waals surface area contributed by atoms with Gasteiger partial charge in [-0.2, -0.15) is 0 Å². The second-order valence-electron chi connectivity index (χ2n) is 5.57. The van der Waals surface area contributed by atoms with Crippen LogP contribution >= 0.6 is 0 Å². The Morgan fingerprint density at radius 3 is 2.58 bits per heavy atom. The van der Waals surface area contributed by atoms with Gasteiger partial charge >= 0.3 is 6.09 Å². The molecule has 2 rings (SSSR count). The third-order valence-corrected chi connectivity index (χ3v) is 3.74. The van der Waals surface area contributed by atoms with Crippen molar-refractivity contribution in [1.29, 1.82) is 0 Å². The Hall–Kier alpha value is -2.90. The van der Waals surface area contributed by atoms with Crippen molar-refractivity contribution in [2.45, 2.75) is 18.8 Å². The zero-order valence-corrected chi connectivity index (χ0v) is 14.3. The van der Waals surface area contributed by atoms with Crippen molar-refractivity contribution < 1.29 is 29.3 Å². The van der Waals surface area contributed by atoms with Crippen molar-refractivity contribution in [2.24, 2.45) is 0 Å². The number of aliphatic hydroxyl groups excluding tert-OH is 2. The minimum Gasteiger partial charge on any atom is -0.496 e. The lowest BCUT2D eigenvalue weighted by Gasteiger charge is -2.21.